The summed E-state index contributed by atoms with van der Waals surface area (Å²) in [5.41, 5.74) is 15.0. The second kappa shape index (κ2) is 5.57. The molecule has 3 aromatic rings. The van der Waals surface area contributed by atoms with Gasteiger partial charge in [0.15, 0.2) is 0 Å². The third kappa shape index (κ3) is 2.10. The van der Waals surface area contributed by atoms with Crippen LogP contribution in [0.4, 0.5) is 0 Å². The molecule has 130 valence electrons. The molecule has 0 heteroatoms. The van der Waals surface area contributed by atoms with Crippen LogP contribution in [-0.4, -0.2) is 0 Å². The van der Waals surface area contributed by atoms with Crippen LogP contribution < -0.4 is 0 Å². The van der Waals surface area contributed by atoms with Crippen LogP contribution in [0.25, 0.3) is 22.8 Å². The fourth-order valence-corrected chi connectivity index (χ4v) is 5.36. The van der Waals surface area contributed by atoms with Crippen molar-refractivity contribution in [3.8, 4) is 11.1 Å². The van der Waals surface area contributed by atoms with Crippen molar-refractivity contribution < 1.29 is 0 Å². The van der Waals surface area contributed by atoms with Gasteiger partial charge >= 0.3 is 0 Å². The van der Waals surface area contributed by atoms with Gasteiger partial charge in [-0.2, -0.15) is 0 Å². The van der Waals surface area contributed by atoms with E-state index in [1.54, 1.807) is 16.7 Å². The third-order valence-electron chi connectivity index (χ3n) is 6.65. The maximum atomic E-state index is 2.41. The van der Waals surface area contributed by atoms with Crippen LogP contribution in [0.15, 0.2) is 77.9 Å². The topological polar surface area (TPSA) is 0 Å². The lowest BCUT2D eigenvalue weighted by molar-refractivity contribution is 0.888. The monoisotopic (exact) mass is 346 g/mol. The Hall–Kier alpha value is -2.86. The molecule has 0 saturated carbocycles. The predicted molar refractivity (Wildman–Crippen MR) is 114 cm³/mol. The fourth-order valence-electron chi connectivity index (χ4n) is 5.36. The molecule has 0 saturated heterocycles. The molecule has 1 unspecified atom stereocenters. The summed E-state index contributed by atoms with van der Waals surface area (Å²) in [6, 6.07) is 24.8. The molecule has 0 radical (unpaired) electrons. The molecule has 0 amide bonds. The minimum Gasteiger partial charge on any atom is -0.0622 e. The van der Waals surface area contributed by atoms with Crippen LogP contribution in [0, 0.1) is 0 Å². The van der Waals surface area contributed by atoms with Crippen molar-refractivity contribution >= 4 is 11.6 Å². The first-order valence-corrected chi connectivity index (χ1v) is 10.0. The maximum Gasteiger partial charge on any atom is 0.0311 e. The molecule has 0 nitrogen and oxygen atoms in total. The van der Waals surface area contributed by atoms with Crippen molar-refractivity contribution in [3.05, 3.63) is 106 Å². The second-order valence-electron chi connectivity index (χ2n) is 8.14. The molecule has 27 heavy (non-hydrogen) atoms. The Labute approximate surface area is 160 Å². The highest BCUT2D eigenvalue weighted by Gasteiger charge is 2.34. The number of benzene rings is 3. The van der Waals surface area contributed by atoms with Gasteiger partial charge in [0, 0.05) is 5.92 Å². The van der Waals surface area contributed by atoms with E-state index in [0.717, 1.165) is 0 Å². The Kier molecular flexibility index (Phi) is 3.14. The van der Waals surface area contributed by atoms with E-state index in [-0.39, 0.29) is 0 Å². The molecule has 0 spiro atoms. The quantitative estimate of drug-likeness (QED) is 0.468. The van der Waals surface area contributed by atoms with Gasteiger partial charge in [-0.3, -0.25) is 0 Å². The second-order valence-corrected chi connectivity index (χ2v) is 8.14. The summed E-state index contributed by atoms with van der Waals surface area (Å²) in [4.78, 5) is 0. The van der Waals surface area contributed by atoms with E-state index in [1.165, 1.54) is 58.2 Å². The first-order chi connectivity index (χ1) is 13.3. The van der Waals surface area contributed by atoms with E-state index in [2.05, 4.69) is 79.7 Å². The van der Waals surface area contributed by atoms with Crippen LogP contribution in [0.1, 0.15) is 53.5 Å². The summed E-state index contributed by atoms with van der Waals surface area (Å²) in [5.74, 6) is 0.367. The van der Waals surface area contributed by atoms with Gasteiger partial charge in [-0.05, 0) is 70.7 Å². The molecule has 0 aliphatic heterocycles. The van der Waals surface area contributed by atoms with Crippen LogP contribution >= 0.6 is 0 Å². The van der Waals surface area contributed by atoms with Crippen LogP contribution in [-0.2, 0) is 6.42 Å². The summed E-state index contributed by atoms with van der Waals surface area (Å²) in [5, 5.41) is 0. The molecule has 0 N–H and O–H groups in total. The summed E-state index contributed by atoms with van der Waals surface area (Å²) in [6.07, 6.45) is 6.08. The largest absolute Gasteiger partial charge is 0.0622 e. The van der Waals surface area contributed by atoms with Crippen molar-refractivity contribution in [1.82, 2.24) is 0 Å². The zero-order valence-corrected chi connectivity index (χ0v) is 15.6. The molecule has 0 fully saturated rings. The molecule has 3 aromatic carbocycles. The minimum absolute atomic E-state index is 0.367. The van der Waals surface area contributed by atoms with Gasteiger partial charge in [0.05, 0.1) is 0 Å². The Balaban J connectivity index is 1.65. The lowest BCUT2D eigenvalue weighted by Gasteiger charge is -2.25. The molecular formula is C27H22. The lowest BCUT2D eigenvalue weighted by atomic mass is 9.79. The zero-order chi connectivity index (χ0) is 18.0. The summed E-state index contributed by atoms with van der Waals surface area (Å²) in [6.45, 7) is 2.29. The van der Waals surface area contributed by atoms with Gasteiger partial charge in [-0.1, -0.05) is 84.0 Å². The smallest absolute Gasteiger partial charge is 0.0311 e. The average molecular weight is 346 g/mol. The van der Waals surface area contributed by atoms with E-state index in [9.17, 15) is 0 Å². The predicted octanol–water partition coefficient (Wildman–Crippen LogP) is 7.01. The van der Waals surface area contributed by atoms with Gasteiger partial charge in [-0.15, -0.1) is 0 Å². The molecule has 3 aliphatic rings. The SMILES string of the molecule is CC1=Cc2ccccc2C1c1ccc2c(c1-c1ccccc1)C1=C(CC1)C2. The highest BCUT2D eigenvalue weighted by atomic mass is 14.4. The molecule has 3 aliphatic carbocycles. The minimum atomic E-state index is 0.367. The molecule has 0 heterocycles. The van der Waals surface area contributed by atoms with E-state index in [0.29, 0.717) is 5.92 Å². The Morgan fingerprint density at radius 2 is 1.56 bits per heavy atom. The zero-order valence-electron chi connectivity index (χ0n) is 15.6. The molecular weight excluding hydrogens is 324 g/mol. The Bertz CT molecular complexity index is 1140. The van der Waals surface area contributed by atoms with E-state index >= 15 is 0 Å². The summed E-state index contributed by atoms with van der Waals surface area (Å²) < 4.78 is 0. The lowest BCUT2D eigenvalue weighted by Crippen LogP contribution is -2.06. The van der Waals surface area contributed by atoms with E-state index < -0.39 is 0 Å². The number of hydrogen-bond donors (Lipinski definition) is 0. The van der Waals surface area contributed by atoms with Crippen molar-refractivity contribution in [2.45, 2.75) is 32.1 Å². The molecule has 6 rings (SSSR count). The van der Waals surface area contributed by atoms with Crippen molar-refractivity contribution in [3.63, 3.8) is 0 Å². The standard InChI is InChI=1S/C27H22/c1-17-15-19-9-5-6-10-22(19)25(17)24-14-12-21-16-20-11-13-23(20)27(21)26(24)18-7-3-2-4-8-18/h2-10,12,14-15,25H,11,13,16H2,1H3. The summed E-state index contributed by atoms with van der Waals surface area (Å²) in [7, 11) is 0. The van der Waals surface area contributed by atoms with Crippen molar-refractivity contribution in [2.24, 2.45) is 0 Å². The van der Waals surface area contributed by atoms with Crippen LogP contribution in [0.3, 0.4) is 0 Å². The highest BCUT2D eigenvalue weighted by Crippen LogP contribution is 2.53. The fraction of sp³-hybridized carbons (Fsp3) is 0.185. The molecule has 0 aromatic heterocycles. The number of allylic oxidation sites excluding steroid dienone is 3. The number of hydrogen-bond acceptors (Lipinski definition) is 0. The summed E-state index contributed by atoms with van der Waals surface area (Å²) >= 11 is 0. The van der Waals surface area contributed by atoms with Gasteiger partial charge < -0.3 is 0 Å². The average Bonchev–Trinajstić information content (AvgIpc) is 3.14. The van der Waals surface area contributed by atoms with E-state index in [1.807, 2.05) is 0 Å². The van der Waals surface area contributed by atoms with E-state index in [4.69, 9.17) is 0 Å². The first-order valence-electron chi connectivity index (χ1n) is 10.0. The number of rotatable bonds is 2. The molecule has 1 atom stereocenters. The van der Waals surface area contributed by atoms with Gasteiger partial charge in [0.25, 0.3) is 0 Å². The highest BCUT2D eigenvalue weighted by molar-refractivity contribution is 5.93. The van der Waals surface area contributed by atoms with Gasteiger partial charge in [0.1, 0.15) is 0 Å². The normalized spacial score (nSPS) is 19.3. The first kappa shape index (κ1) is 15.2. The van der Waals surface area contributed by atoms with Gasteiger partial charge in [0.2, 0.25) is 0 Å². The third-order valence-corrected chi connectivity index (χ3v) is 6.65. The van der Waals surface area contributed by atoms with Gasteiger partial charge in [-0.25, -0.2) is 0 Å². The number of fused-ring (bicyclic) bond motifs is 3. The Morgan fingerprint density at radius 3 is 2.37 bits per heavy atom. The van der Waals surface area contributed by atoms with Crippen LogP contribution in [0.2, 0.25) is 0 Å². The van der Waals surface area contributed by atoms with Crippen molar-refractivity contribution in [2.75, 3.05) is 0 Å². The maximum absolute atomic E-state index is 2.41. The molecule has 0 bridgehead atoms. The Morgan fingerprint density at radius 1 is 0.741 bits per heavy atom. The van der Waals surface area contributed by atoms with Crippen molar-refractivity contribution in [1.29, 1.82) is 0 Å². The van der Waals surface area contributed by atoms with Crippen LogP contribution in [0.5, 0.6) is 0 Å².